The standard InChI is InChI=1S/C24H22N4O5S/c1-31-19-8-7-17(28(29)30)13-20(19)33-23-22-18(16-5-3-2-4-6-16)15-34-24(22)26-21(25-23)14-27-9-11-32-12-10-27/h2-8,13,15H,9-12,14H2,1H3. The van der Waals surface area contributed by atoms with E-state index in [9.17, 15) is 10.1 Å². The third-order valence-corrected chi connectivity index (χ3v) is 6.44. The molecule has 4 aromatic rings. The molecule has 10 heteroatoms. The molecular weight excluding hydrogens is 456 g/mol. The number of hydrogen-bond acceptors (Lipinski definition) is 9. The largest absolute Gasteiger partial charge is 0.493 e. The van der Waals surface area contributed by atoms with Gasteiger partial charge in [0.25, 0.3) is 5.69 Å². The first-order valence-corrected chi connectivity index (χ1v) is 11.6. The number of nitro benzene ring substituents is 1. The van der Waals surface area contributed by atoms with E-state index in [0.29, 0.717) is 37.2 Å². The maximum absolute atomic E-state index is 11.4. The molecule has 0 aliphatic carbocycles. The van der Waals surface area contributed by atoms with Crippen LogP contribution in [-0.4, -0.2) is 53.2 Å². The first kappa shape index (κ1) is 22.2. The van der Waals surface area contributed by atoms with E-state index in [-0.39, 0.29) is 11.4 Å². The van der Waals surface area contributed by atoms with Gasteiger partial charge in [0.2, 0.25) is 5.88 Å². The molecule has 174 valence electrons. The lowest BCUT2D eigenvalue weighted by Gasteiger charge is -2.25. The minimum atomic E-state index is -0.467. The molecule has 0 amide bonds. The number of hydrogen-bond donors (Lipinski definition) is 0. The molecule has 0 atom stereocenters. The highest BCUT2D eigenvalue weighted by molar-refractivity contribution is 7.17. The van der Waals surface area contributed by atoms with Gasteiger partial charge in [0, 0.05) is 30.1 Å². The summed E-state index contributed by atoms with van der Waals surface area (Å²) < 4.78 is 17.1. The summed E-state index contributed by atoms with van der Waals surface area (Å²) in [5.41, 5.74) is 1.86. The summed E-state index contributed by atoms with van der Waals surface area (Å²) >= 11 is 1.51. The molecular formula is C24H22N4O5S. The topological polar surface area (TPSA) is 99.9 Å². The lowest BCUT2D eigenvalue weighted by atomic mass is 10.1. The molecule has 0 spiro atoms. The number of non-ortho nitro benzene ring substituents is 1. The van der Waals surface area contributed by atoms with Crippen LogP contribution in [-0.2, 0) is 11.3 Å². The van der Waals surface area contributed by atoms with Gasteiger partial charge in [0.15, 0.2) is 11.5 Å². The molecule has 0 unspecified atom stereocenters. The zero-order valence-corrected chi connectivity index (χ0v) is 19.3. The number of nitro groups is 1. The van der Waals surface area contributed by atoms with Gasteiger partial charge in [0.1, 0.15) is 10.7 Å². The molecule has 9 nitrogen and oxygen atoms in total. The van der Waals surface area contributed by atoms with E-state index in [1.807, 2.05) is 35.7 Å². The molecule has 0 radical (unpaired) electrons. The van der Waals surface area contributed by atoms with Gasteiger partial charge in [-0.25, -0.2) is 4.98 Å². The maximum Gasteiger partial charge on any atom is 0.273 e. The van der Waals surface area contributed by atoms with Crippen molar-refractivity contribution >= 4 is 27.2 Å². The van der Waals surface area contributed by atoms with Gasteiger partial charge in [-0.15, -0.1) is 11.3 Å². The molecule has 1 fully saturated rings. The second-order valence-electron chi connectivity index (χ2n) is 7.72. The zero-order valence-electron chi connectivity index (χ0n) is 18.5. The van der Waals surface area contributed by atoms with Crippen LogP contribution in [0.1, 0.15) is 5.82 Å². The van der Waals surface area contributed by atoms with Crippen molar-refractivity contribution in [1.29, 1.82) is 0 Å². The zero-order chi connectivity index (χ0) is 23.5. The van der Waals surface area contributed by atoms with Gasteiger partial charge in [-0.3, -0.25) is 15.0 Å². The normalized spacial score (nSPS) is 14.3. The van der Waals surface area contributed by atoms with Crippen LogP contribution >= 0.6 is 11.3 Å². The molecule has 34 heavy (non-hydrogen) atoms. The molecule has 1 saturated heterocycles. The molecule has 1 aliphatic heterocycles. The van der Waals surface area contributed by atoms with E-state index < -0.39 is 4.92 Å². The lowest BCUT2D eigenvalue weighted by Crippen LogP contribution is -2.36. The fourth-order valence-electron chi connectivity index (χ4n) is 3.85. The van der Waals surface area contributed by atoms with Crippen molar-refractivity contribution in [2.45, 2.75) is 6.54 Å². The Bertz CT molecular complexity index is 1320. The Morgan fingerprint density at radius 1 is 1.12 bits per heavy atom. The predicted molar refractivity (Wildman–Crippen MR) is 129 cm³/mol. The van der Waals surface area contributed by atoms with Crippen molar-refractivity contribution in [2.24, 2.45) is 0 Å². The minimum absolute atomic E-state index is 0.0942. The SMILES string of the molecule is COc1ccc([N+](=O)[O-])cc1Oc1nc(CN2CCOCC2)nc2scc(-c3ccccc3)c12. The first-order chi connectivity index (χ1) is 16.6. The van der Waals surface area contributed by atoms with Gasteiger partial charge in [-0.2, -0.15) is 4.98 Å². The third kappa shape index (κ3) is 4.56. The summed E-state index contributed by atoms with van der Waals surface area (Å²) in [7, 11) is 1.49. The van der Waals surface area contributed by atoms with Crippen molar-refractivity contribution in [3.05, 3.63) is 69.8 Å². The van der Waals surface area contributed by atoms with E-state index in [1.165, 1.54) is 36.6 Å². The highest BCUT2D eigenvalue weighted by Crippen LogP contribution is 2.42. The second-order valence-corrected chi connectivity index (χ2v) is 8.58. The number of ether oxygens (including phenoxy) is 3. The molecule has 3 heterocycles. The van der Waals surface area contributed by atoms with E-state index in [4.69, 9.17) is 24.2 Å². The number of morpholine rings is 1. The van der Waals surface area contributed by atoms with Gasteiger partial charge in [-0.1, -0.05) is 30.3 Å². The summed E-state index contributed by atoms with van der Waals surface area (Å²) in [6.45, 7) is 3.51. The maximum atomic E-state index is 11.4. The number of methoxy groups -OCH3 is 1. The fraction of sp³-hybridized carbons (Fsp3) is 0.250. The van der Waals surface area contributed by atoms with E-state index in [0.717, 1.165) is 34.4 Å². The number of aromatic nitrogens is 2. The predicted octanol–water partition coefficient (Wildman–Crippen LogP) is 4.90. The highest BCUT2D eigenvalue weighted by atomic mass is 32.1. The Morgan fingerprint density at radius 2 is 1.91 bits per heavy atom. The van der Waals surface area contributed by atoms with Gasteiger partial charge in [0.05, 0.1) is 43.2 Å². The van der Waals surface area contributed by atoms with Crippen molar-refractivity contribution < 1.29 is 19.1 Å². The number of thiophene rings is 1. The second kappa shape index (κ2) is 9.72. The summed E-state index contributed by atoms with van der Waals surface area (Å²) in [5.74, 6) is 1.56. The van der Waals surface area contributed by atoms with Crippen LogP contribution in [0.25, 0.3) is 21.3 Å². The average molecular weight is 479 g/mol. The van der Waals surface area contributed by atoms with Crippen molar-refractivity contribution in [1.82, 2.24) is 14.9 Å². The molecule has 1 aliphatic rings. The van der Waals surface area contributed by atoms with Crippen LogP contribution < -0.4 is 9.47 Å². The fourth-order valence-corrected chi connectivity index (χ4v) is 4.81. The van der Waals surface area contributed by atoms with Crippen LogP contribution in [0.2, 0.25) is 0 Å². The quantitative estimate of drug-likeness (QED) is 0.273. The van der Waals surface area contributed by atoms with Crippen LogP contribution in [0.15, 0.2) is 53.9 Å². The summed E-state index contributed by atoms with van der Waals surface area (Å²) in [6.07, 6.45) is 0. The van der Waals surface area contributed by atoms with Crippen molar-refractivity contribution in [3.8, 4) is 28.5 Å². The Kier molecular flexibility index (Phi) is 6.35. The monoisotopic (exact) mass is 478 g/mol. The summed E-state index contributed by atoms with van der Waals surface area (Å²) in [5, 5.41) is 14.2. The third-order valence-electron chi connectivity index (χ3n) is 5.56. The van der Waals surface area contributed by atoms with E-state index in [2.05, 4.69) is 4.90 Å². The molecule has 2 aromatic carbocycles. The number of fused-ring (bicyclic) bond motifs is 1. The number of benzene rings is 2. The Morgan fingerprint density at radius 3 is 2.65 bits per heavy atom. The Balaban J connectivity index is 1.62. The van der Waals surface area contributed by atoms with Crippen molar-refractivity contribution in [2.75, 3.05) is 33.4 Å². The number of nitrogens with zero attached hydrogens (tertiary/aromatic N) is 4. The van der Waals surface area contributed by atoms with Crippen molar-refractivity contribution in [3.63, 3.8) is 0 Å². The molecule has 2 aromatic heterocycles. The van der Waals surface area contributed by atoms with Gasteiger partial charge < -0.3 is 14.2 Å². The van der Waals surface area contributed by atoms with Crippen LogP contribution in [0.5, 0.6) is 17.4 Å². The Hall–Kier alpha value is -3.60. The first-order valence-electron chi connectivity index (χ1n) is 10.8. The van der Waals surface area contributed by atoms with Crippen LogP contribution in [0.3, 0.4) is 0 Å². The van der Waals surface area contributed by atoms with E-state index in [1.54, 1.807) is 0 Å². The molecule has 0 N–H and O–H groups in total. The highest BCUT2D eigenvalue weighted by Gasteiger charge is 2.21. The summed E-state index contributed by atoms with van der Waals surface area (Å²) in [6, 6.07) is 14.2. The minimum Gasteiger partial charge on any atom is -0.493 e. The molecule has 0 bridgehead atoms. The average Bonchev–Trinajstić information content (AvgIpc) is 3.29. The lowest BCUT2D eigenvalue weighted by molar-refractivity contribution is -0.384. The molecule has 0 saturated carbocycles. The number of rotatable bonds is 7. The van der Waals surface area contributed by atoms with Gasteiger partial charge >= 0.3 is 0 Å². The van der Waals surface area contributed by atoms with Crippen LogP contribution in [0, 0.1) is 10.1 Å². The molecule has 5 rings (SSSR count). The van der Waals surface area contributed by atoms with E-state index >= 15 is 0 Å². The smallest absolute Gasteiger partial charge is 0.273 e. The van der Waals surface area contributed by atoms with Crippen LogP contribution in [0.4, 0.5) is 5.69 Å². The van der Waals surface area contributed by atoms with Gasteiger partial charge in [-0.05, 0) is 11.6 Å². The summed E-state index contributed by atoms with van der Waals surface area (Å²) in [4.78, 5) is 23.5. The Labute approximate surface area is 199 Å².